The predicted molar refractivity (Wildman–Crippen MR) is 151 cm³/mol. The third-order valence-electron chi connectivity index (χ3n) is 6.86. The summed E-state index contributed by atoms with van der Waals surface area (Å²) in [4.78, 5) is 0. The van der Waals surface area contributed by atoms with E-state index in [9.17, 15) is 0 Å². The van der Waals surface area contributed by atoms with Gasteiger partial charge in [-0.3, -0.25) is 0 Å². The van der Waals surface area contributed by atoms with Gasteiger partial charge in [0.25, 0.3) is 0 Å². The molecule has 6 aromatic carbocycles. The lowest BCUT2D eigenvalue weighted by atomic mass is 9.96. The van der Waals surface area contributed by atoms with Gasteiger partial charge in [0.05, 0.1) is 14.2 Å². The Morgan fingerprint density at radius 3 is 0.944 bits per heavy atom. The SMILES string of the molecule is COc1ccc2cc(-c3ccc(-c4ccc(-c5ccc6cc(OC)ccc6c5)cc4)cc3)ccc2c1. The third-order valence-corrected chi connectivity index (χ3v) is 6.86. The van der Waals surface area contributed by atoms with Gasteiger partial charge in [-0.2, -0.15) is 0 Å². The van der Waals surface area contributed by atoms with Crippen molar-refractivity contribution in [3.05, 3.63) is 121 Å². The van der Waals surface area contributed by atoms with E-state index < -0.39 is 0 Å². The van der Waals surface area contributed by atoms with Gasteiger partial charge in [0, 0.05) is 0 Å². The molecule has 0 saturated heterocycles. The Kier molecular flexibility index (Phi) is 5.63. The molecule has 0 radical (unpaired) electrons. The maximum Gasteiger partial charge on any atom is 0.119 e. The third kappa shape index (κ3) is 4.18. The first-order valence-electron chi connectivity index (χ1n) is 12.1. The number of fused-ring (bicyclic) bond motifs is 2. The molecule has 2 heteroatoms. The quantitative estimate of drug-likeness (QED) is 0.252. The Labute approximate surface area is 211 Å². The molecule has 0 amide bonds. The zero-order valence-electron chi connectivity index (χ0n) is 20.4. The number of benzene rings is 6. The summed E-state index contributed by atoms with van der Waals surface area (Å²) >= 11 is 0. The van der Waals surface area contributed by atoms with Crippen LogP contribution in [0.2, 0.25) is 0 Å². The van der Waals surface area contributed by atoms with Crippen LogP contribution >= 0.6 is 0 Å². The molecule has 6 rings (SSSR count). The molecule has 2 nitrogen and oxygen atoms in total. The van der Waals surface area contributed by atoms with E-state index in [2.05, 4.69) is 109 Å². The maximum atomic E-state index is 5.35. The fourth-order valence-electron chi connectivity index (χ4n) is 4.77. The van der Waals surface area contributed by atoms with Crippen LogP contribution in [0.15, 0.2) is 121 Å². The lowest BCUT2D eigenvalue weighted by Crippen LogP contribution is -1.85. The minimum atomic E-state index is 0.881. The van der Waals surface area contributed by atoms with Crippen molar-refractivity contribution in [2.24, 2.45) is 0 Å². The van der Waals surface area contributed by atoms with Crippen molar-refractivity contribution >= 4 is 21.5 Å². The second-order valence-corrected chi connectivity index (χ2v) is 9.01. The van der Waals surface area contributed by atoms with Gasteiger partial charge in [0.2, 0.25) is 0 Å². The molecular formula is C34H26O2. The fourth-order valence-corrected chi connectivity index (χ4v) is 4.77. The molecule has 0 aliphatic carbocycles. The van der Waals surface area contributed by atoms with Gasteiger partial charge in [-0.15, -0.1) is 0 Å². The molecule has 0 aliphatic rings. The molecule has 6 aromatic rings. The van der Waals surface area contributed by atoms with Crippen LogP contribution in [0.5, 0.6) is 11.5 Å². The minimum absolute atomic E-state index is 0.881. The number of hydrogen-bond acceptors (Lipinski definition) is 2. The molecule has 0 spiro atoms. The van der Waals surface area contributed by atoms with Crippen molar-refractivity contribution in [2.75, 3.05) is 14.2 Å². The summed E-state index contributed by atoms with van der Waals surface area (Å²) in [6.07, 6.45) is 0. The molecule has 36 heavy (non-hydrogen) atoms. The first kappa shape index (κ1) is 21.9. The van der Waals surface area contributed by atoms with Gasteiger partial charge in [-0.1, -0.05) is 84.9 Å². The molecule has 0 aliphatic heterocycles. The number of methoxy groups -OCH3 is 2. The average Bonchev–Trinajstić information content (AvgIpc) is 2.96. The van der Waals surface area contributed by atoms with Crippen LogP contribution in [-0.2, 0) is 0 Å². The van der Waals surface area contributed by atoms with E-state index in [-0.39, 0.29) is 0 Å². The number of ether oxygens (including phenoxy) is 2. The Hall–Kier alpha value is -4.56. The van der Waals surface area contributed by atoms with Crippen molar-refractivity contribution in [3.8, 4) is 44.9 Å². The van der Waals surface area contributed by atoms with Gasteiger partial charge in [-0.05, 0) is 91.3 Å². The Morgan fingerprint density at radius 2 is 0.583 bits per heavy atom. The maximum absolute atomic E-state index is 5.35. The summed E-state index contributed by atoms with van der Waals surface area (Å²) in [5.41, 5.74) is 7.26. The largest absolute Gasteiger partial charge is 0.497 e. The molecule has 0 atom stereocenters. The molecule has 0 unspecified atom stereocenters. The molecular weight excluding hydrogens is 440 g/mol. The van der Waals surface area contributed by atoms with Crippen molar-refractivity contribution < 1.29 is 9.47 Å². The summed E-state index contributed by atoms with van der Waals surface area (Å²) in [5.74, 6) is 1.76. The highest BCUT2D eigenvalue weighted by Crippen LogP contribution is 2.31. The van der Waals surface area contributed by atoms with Gasteiger partial charge in [-0.25, -0.2) is 0 Å². The molecule has 0 saturated carbocycles. The van der Waals surface area contributed by atoms with Crippen molar-refractivity contribution in [2.45, 2.75) is 0 Å². The van der Waals surface area contributed by atoms with E-state index in [4.69, 9.17) is 9.47 Å². The summed E-state index contributed by atoms with van der Waals surface area (Å²) in [6.45, 7) is 0. The Morgan fingerprint density at radius 1 is 0.306 bits per heavy atom. The van der Waals surface area contributed by atoms with Crippen LogP contribution in [0.3, 0.4) is 0 Å². The highest BCUT2D eigenvalue weighted by Gasteiger charge is 2.05. The van der Waals surface area contributed by atoms with Crippen LogP contribution in [0, 0.1) is 0 Å². The molecule has 174 valence electrons. The zero-order valence-corrected chi connectivity index (χ0v) is 20.4. The highest BCUT2D eigenvalue weighted by atomic mass is 16.5. The minimum Gasteiger partial charge on any atom is -0.497 e. The first-order valence-corrected chi connectivity index (χ1v) is 12.1. The van der Waals surface area contributed by atoms with Gasteiger partial charge in [0.15, 0.2) is 0 Å². The normalized spacial score (nSPS) is 11.1. The van der Waals surface area contributed by atoms with Crippen molar-refractivity contribution in [3.63, 3.8) is 0 Å². The average molecular weight is 467 g/mol. The monoisotopic (exact) mass is 466 g/mol. The van der Waals surface area contributed by atoms with Crippen LogP contribution in [0.25, 0.3) is 54.9 Å². The van der Waals surface area contributed by atoms with Gasteiger partial charge < -0.3 is 9.47 Å². The number of hydrogen-bond donors (Lipinski definition) is 0. The second kappa shape index (κ2) is 9.24. The lowest BCUT2D eigenvalue weighted by Gasteiger charge is -2.09. The first-order chi connectivity index (χ1) is 17.7. The molecule has 0 N–H and O–H groups in total. The molecule has 0 heterocycles. The number of rotatable bonds is 5. The van der Waals surface area contributed by atoms with Crippen LogP contribution in [-0.4, -0.2) is 14.2 Å². The fraction of sp³-hybridized carbons (Fsp3) is 0.0588. The van der Waals surface area contributed by atoms with Crippen LogP contribution in [0.4, 0.5) is 0 Å². The molecule has 0 aromatic heterocycles. The van der Waals surface area contributed by atoms with E-state index >= 15 is 0 Å². The van der Waals surface area contributed by atoms with E-state index in [1.807, 2.05) is 12.1 Å². The summed E-state index contributed by atoms with van der Waals surface area (Å²) in [5, 5.41) is 4.78. The second-order valence-electron chi connectivity index (χ2n) is 9.01. The van der Waals surface area contributed by atoms with E-state index in [1.54, 1.807) is 14.2 Å². The van der Waals surface area contributed by atoms with E-state index in [0.29, 0.717) is 0 Å². The predicted octanol–water partition coefficient (Wildman–Crippen LogP) is 9.01. The Bertz CT molecular complexity index is 1550. The molecule has 0 fully saturated rings. The van der Waals surface area contributed by atoms with Crippen LogP contribution in [0.1, 0.15) is 0 Å². The highest BCUT2D eigenvalue weighted by molar-refractivity contribution is 5.90. The standard InChI is InChI=1S/C34H26O2/c1-35-33-17-15-29-19-27(11-13-31(29)21-33)25-7-3-23(4-8-25)24-5-9-26(10-6-24)28-12-14-32-22-34(36-2)18-16-30(32)20-28/h3-22H,1-2H3. The van der Waals surface area contributed by atoms with Gasteiger partial charge in [0.1, 0.15) is 11.5 Å². The smallest absolute Gasteiger partial charge is 0.119 e. The van der Waals surface area contributed by atoms with Crippen molar-refractivity contribution in [1.29, 1.82) is 0 Å². The van der Waals surface area contributed by atoms with E-state index in [1.165, 1.54) is 54.9 Å². The van der Waals surface area contributed by atoms with Crippen LogP contribution < -0.4 is 9.47 Å². The zero-order chi connectivity index (χ0) is 24.5. The lowest BCUT2D eigenvalue weighted by molar-refractivity contribution is 0.415. The summed E-state index contributed by atoms with van der Waals surface area (Å²) in [7, 11) is 3.40. The van der Waals surface area contributed by atoms with E-state index in [0.717, 1.165) is 11.5 Å². The summed E-state index contributed by atoms with van der Waals surface area (Å²) < 4.78 is 10.7. The summed E-state index contributed by atoms with van der Waals surface area (Å²) in [6, 6.07) is 43.1. The van der Waals surface area contributed by atoms with Gasteiger partial charge >= 0.3 is 0 Å². The van der Waals surface area contributed by atoms with Crippen molar-refractivity contribution in [1.82, 2.24) is 0 Å². The molecule has 0 bridgehead atoms. The topological polar surface area (TPSA) is 18.5 Å². The Balaban J connectivity index is 1.24.